The van der Waals surface area contributed by atoms with E-state index in [1.807, 2.05) is 27.7 Å². The van der Waals surface area contributed by atoms with Gasteiger partial charge in [0.05, 0.1) is 6.04 Å². The lowest BCUT2D eigenvalue weighted by atomic mass is 9.93. The third-order valence-corrected chi connectivity index (χ3v) is 5.79. The van der Waals surface area contributed by atoms with Crippen LogP contribution in [0.1, 0.15) is 61.3 Å². The van der Waals surface area contributed by atoms with Gasteiger partial charge in [-0.15, -0.1) is 0 Å². The van der Waals surface area contributed by atoms with Gasteiger partial charge in [-0.25, -0.2) is 0 Å². The predicted molar refractivity (Wildman–Crippen MR) is 137 cm³/mol. The number of hydrogen-bond acceptors (Lipinski definition) is 8. The number of ether oxygens (including phenoxy) is 2. The number of rotatable bonds is 16. The molecule has 0 aliphatic heterocycles. The summed E-state index contributed by atoms with van der Waals surface area (Å²) in [6.07, 6.45) is 4.10. The zero-order valence-electron chi connectivity index (χ0n) is 23.2. The Morgan fingerprint density at radius 2 is 1.58 bits per heavy atom. The highest BCUT2D eigenvalue weighted by atomic mass is 16.5. The number of amides is 2. The number of allylic oxidation sites excluding steroid dienone is 1. The summed E-state index contributed by atoms with van der Waals surface area (Å²) in [4.78, 5) is 62.4. The molecule has 0 rings (SSSR count). The van der Waals surface area contributed by atoms with Crippen molar-refractivity contribution in [2.45, 2.75) is 85.5 Å². The molecule has 0 aliphatic rings. The highest BCUT2D eigenvalue weighted by molar-refractivity contribution is 5.91. The Labute approximate surface area is 215 Å². The van der Waals surface area contributed by atoms with Crippen molar-refractivity contribution in [1.82, 2.24) is 15.5 Å². The normalized spacial score (nSPS) is 15.6. The Morgan fingerprint density at radius 3 is 2.03 bits per heavy atom. The van der Waals surface area contributed by atoms with E-state index in [0.29, 0.717) is 19.1 Å². The lowest BCUT2D eigenvalue weighted by molar-refractivity contribution is -0.158. The highest BCUT2D eigenvalue weighted by Gasteiger charge is 2.38. The number of carbonyl (C=O) groups excluding carboxylic acids is 5. The minimum absolute atomic E-state index is 0.107. The predicted octanol–water partition coefficient (Wildman–Crippen LogP) is 1.86. The van der Waals surface area contributed by atoms with Crippen LogP contribution in [-0.2, 0) is 33.4 Å². The molecule has 0 aromatic rings. The molecule has 10 nitrogen and oxygen atoms in total. The van der Waals surface area contributed by atoms with Crippen LogP contribution in [0, 0.1) is 17.8 Å². The quantitative estimate of drug-likeness (QED) is 0.182. The van der Waals surface area contributed by atoms with Crippen molar-refractivity contribution in [3.05, 3.63) is 12.2 Å². The summed E-state index contributed by atoms with van der Waals surface area (Å²) in [5, 5.41) is 5.81. The molecule has 0 saturated carbocycles. The van der Waals surface area contributed by atoms with Gasteiger partial charge < -0.3 is 29.8 Å². The topological polar surface area (TPSA) is 131 Å². The molecule has 1 unspecified atom stereocenters. The lowest BCUT2D eigenvalue weighted by Crippen LogP contribution is -2.58. The van der Waals surface area contributed by atoms with Crippen LogP contribution in [-0.4, -0.2) is 79.9 Å². The lowest BCUT2D eigenvalue weighted by Gasteiger charge is -2.36. The number of likely N-dealkylation sites (N-methyl/N-ethyl adjacent to an activating group) is 2. The fraction of sp³-hybridized carbons (Fsp3) is 0.731. The summed E-state index contributed by atoms with van der Waals surface area (Å²) in [6.45, 7) is 12.1. The first-order valence-electron chi connectivity index (χ1n) is 12.4. The number of aldehydes is 1. The van der Waals surface area contributed by atoms with Gasteiger partial charge in [0.15, 0.2) is 0 Å². The fourth-order valence-electron chi connectivity index (χ4n) is 3.74. The molecule has 0 spiro atoms. The molecule has 0 saturated heterocycles. The number of hydrogen-bond donors (Lipinski definition) is 2. The zero-order chi connectivity index (χ0) is 28.0. The average molecular weight is 512 g/mol. The Morgan fingerprint density at radius 1 is 0.972 bits per heavy atom. The Bertz CT molecular complexity index is 767. The Hall–Kier alpha value is -2.75. The third kappa shape index (κ3) is 11.8. The van der Waals surface area contributed by atoms with Crippen LogP contribution in [0.15, 0.2) is 12.2 Å². The van der Waals surface area contributed by atoms with Crippen molar-refractivity contribution in [3.63, 3.8) is 0 Å². The minimum atomic E-state index is -1.06. The third-order valence-electron chi connectivity index (χ3n) is 5.79. The number of esters is 2. The average Bonchev–Trinajstić information content (AvgIpc) is 2.78. The Balaban J connectivity index is 5.70. The molecule has 0 radical (unpaired) electrons. The monoisotopic (exact) mass is 511 g/mol. The molecule has 0 fully saturated rings. The van der Waals surface area contributed by atoms with Crippen LogP contribution < -0.4 is 10.6 Å². The minimum Gasteiger partial charge on any atom is -0.462 e. The standard InChI is InChI=1S/C26H45N3O7/c1-16(2)14-21(27-8)25(33)28-23(17(3)4)26(34)29(9)22(15-30)24(36-20(7)32)18(5)12-10-11-13-35-19(6)31/h10-11,15-18,21-24,27H,12-14H2,1-9H3,(H,28,33)/b11-10+/t18-,21+,22?,23+,24-/m1/s1. The van der Waals surface area contributed by atoms with E-state index in [0.717, 1.165) is 0 Å². The SMILES string of the molecule is CN[C@@H](CC(C)C)C(=O)N[C@H](C(=O)N(C)C(C=O)[C@H](OC(C)=O)[C@H](C)C/C=C/COC(C)=O)C(C)C. The largest absolute Gasteiger partial charge is 0.462 e. The first-order valence-corrected chi connectivity index (χ1v) is 12.4. The van der Waals surface area contributed by atoms with E-state index >= 15 is 0 Å². The summed E-state index contributed by atoms with van der Waals surface area (Å²) in [6, 6.07) is -2.39. The maximum atomic E-state index is 13.5. The van der Waals surface area contributed by atoms with Crippen LogP contribution >= 0.6 is 0 Å². The van der Waals surface area contributed by atoms with E-state index in [2.05, 4.69) is 10.6 Å². The van der Waals surface area contributed by atoms with E-state index in [-0.39, 0.29) is 30.3 Å². The molecule has 0 aliphatic carbocycles. The summed E-state index contributed by atoms with van der Waals surface area (Å²) in [5.74, 6) is -2.04. The van der Waals surface area contributed by atoms with E-state index in [1.165, 1.54) is 25.8 Å². The van der Waals surface area contributed by atoms with Crippen molar-refractivity contribution in [1.29, 1.82) is 0 Å². The van der Waals surface area contributed by atoms with Gasteiger partial charge in [-0.1, -0.05) is 46.8 Å². The number of carbonyl (C=O) groups is 5. The van der Waals surface area contributed by atoms with Crippen molar-refractivity contribution >= 4 is 30.0 Å². The summed E-state index contributed by atoms with van der Waals surface area (Å²) >= 11 is 0. The van der Waals surface area contributed by atoms with Crippen molar-refractivity contribution in [2.75, 3.05) is 20.7 Å². The van der Waals surface area contributed by atoms with Crippen LogP contribution in [0.4, 0.5) is 0 Å². The second-order valence-electron chi connectivity index (χ2n) is 9.84. The van der Waals surface area contributed by atoms with Gasteiger partial charge >= 0.3 is 11.9 Å². The van der Waals surface area contributed by atoms with E-state index in [9.17, 15) is 24.0 Å². The van der Waals surface area contributed by atoms with Crippen LogP contribution in [0.25, 0.3) is 0 Å². The zero-order valence-corrected chi connectivity index (χ0v) is 23.2. The van der Waals surface area contributed by atoms with Gasteiger partial charge in [0, 0.05) is 20.9 Å². The van der Waals surface area contributed by atoms with Gasteiger partial charge in [-0.05, 0) is 37.6 Å². The van der Waals surface area contributed by atoms with E-state index in [4.69, 9.17) is 9.47 Å². The molecule has 10 heteroatoms. The molecule has 2 N–H and O–H groups in total. The molecule has 0 aromatic heterocycles. The second kappa shape index (κ2) is 16.8. The molecule has 2 amide bonds. The highest BCUT2D eigenvalue weighted by Crippen LogP contribution is 2.21. The molecule has 206 valence electrons. The maximum Gasteiger partial charge on any atom is 0.302 e. The number of nitrogens with one attached hydrogen (secondary N) is 2. The molecular weight excluding hydrogens is 466 g/mol. The maximum absolute atomic E-state index is 13.5. The van der Waals surface area contributed by atoms with Crippen molar-refractivity contribution < 1.29 is 33.4 Å². The van der Waals surface area contributed by atoms with Crippen molar-refractivity contribution in [3.8, 4) is 0 Å². The molecule has 0 heterocycles. The smallest absolute Gasteiger partial charge is 0.302 e. The Kier molecular flexibility index (Phi) is 15.6. The molecule has 0 aromatic carbocycles. The molecular formula is C26H45N3O7. The first kappa shape index (κ1) is 33.2. The summed E-state index contributed by atoms with van der Waals surface area (Å²) < 4.78 is 10.3. The van der Waals surface area contributed by atoms with Crippen LogP contribution in [0.3, 0.4) is 0 Å². The summed E-state index contributed by atoms with van der Waals surface area (Å²) in [5.41, 5.74) is 0. The van der Waals surface area contributed by atoms with E-state index in [1.54, 1.807) is 26.1 Å². The molecule has 36 heavy (non-hydrogen) atoms. The summed E-state index contributed by atoms with van der Waals surface area (Å²) in [7, 11) is 3.16. The van der Waals surface area contributed by atoms with Crippen molar-refractivity contribution in [2.24, 2.45) is 17.8 Å². The van der Waals surface area contributed by atoms with Gasteiger partial charge in [0.25, 0.3) is 0 Å². The number of nitrogens with zero attached hydrogens (tertiary/aromatic N) is 1. The second-order valence-corrected chi connectivity index (χ2v) is 9.84. The van der Waals surface area contributed by atoms with Gasteiger partial charge in [-0.2, -0.15) is 0 Å². The molecule has 0 bridgehead atoms. The van der Waals surface area contributed by atoms with Crippen LogP contribution in [0.2, 0.25) is 0 Å². The molecule has 5 atom stereocenters. The van der Waals surface area contributed by atoms with Gasteiger partial charge in [0.2, 0.25) is 11.8 Å². The van der Waals surface area contributed by atoms with E-state index < -0.39 is 42.1 Å². The fourth-order valence-corrected chi connectivity index (χ4v) is 3.74. The van der Waals surface area contributed by atoms with Gasteiger partial charge in [-0.3, -0.25) is 19.2 Å². The van der Waals surface area contributed by atoms with Crippen LogP contribution in [0.5, 0.6) is 0 Å². The first-order chi connectivity index (χ1) is 16.8. The van der Waals surface area contributed by atoms with Gasteiger partial charge in [0.1, 0.15) is 31.1 Å².